The van der Waals surface area contributed by atoms with Crippen LogP contribution in [0.4, 0.5) is 0 Å². The molecule has 0 heterocycles. The van der Waals surface area contributed by atoms with E-state index in [1.54, 1.807) is 7.11 Å². The Bertz CT molecular complexity index is 709. The largest absolute Gasteiger partial charge is 0.493 e. The summed E-state index contributed by atoms with van der Waals surface area (Å²) in [7, 11) is 1.63. The standard InChI is InChI=1S/C21H28N2O4/c1-26-18-9-8-15(11-19(18)27-17-6-2-3-7-17)21(14-22)10-4-5-16(12-21)23-13-20(24)25/h8-9,11,16-17,23H,2-7,10,12-13H2,1H3,(H,24,25). The molecule has 2 aliphatic carbocycles. The Morgan fingerprint density at radius 1 is 1.30 bits per heavy atom. The highest BCUT2D eigenvalue weighted by atomic mass is 16.5. The first-order valence-electron chi connectivity index (χ1n) is 9.78. The number of aliphatic carboxylic acids is 1. The summed E-state index contributed by atoms with van der Waals surface area (Å²) in [5, 5.41) is 22.0. The van der Waals surface area contributed by atoms with Crippen molar-refractivity contribution in [2.45, 2.75) is 68.9 Å². The molecule has 2 saturated carbocycles. The summed E-state index contributed by atoms with van der Waals surface area (Å²) in [4.78, 5) is 10.9. The topological polar surface area (TPSA) is 91.6 Å². The molecule has 6 heteroatoms. The zero-order valence-electron chi connectivity index (χ0n) is 15.9. The van der Waals surface area contributed by atoms with Gasteiger partial charge >= 0.3 is 5.97 Å². The van der Waals surface area contributed by atoms with Crippen LogP contribution in [-0.4, -0.2) is 36.9 Å². The number of rotatable bonds is 7. The fourth-order valence-electron chi connectivity index (χ4n) is 4.36. The molecule has 6 nitrogen and oxygen atoms in total. The third-order valence-electron chi connectivity index (χ3n) is 5.82. The van der Waals surface area contributed by atoms with Gasteiger partial charge in [0.05, 0.1) is 31.2 Å². The number of carboxylic acids is 1. The minimum Gasteiger partial charge on any atom is -0.493 e. The average molecular weight is 372 g/mol. The van der Waals surface area contributed by atoms with Gasteiger partial charge in [-0.1, -0.05) is 6.07 Å². The number of nitriles is 1. The van der Waals surface area contributed by atoms with Crippen molar-refractivity contribution in [3.05, 3.63) is 23.8 Å². The van der Waals surface area contributed by atoms with Crippen LogP contribution in [-0.2, 0) is 10.2 Å². The second-order valence-corrected chi connectivity index (χ2v) is 7.65. The van der Waals surface area contributed by atoms with Crippen molar-refractivity contribution in [1.82, 2.24) is 5.32 Å². The third-order valence-corrected chi connectivity index (χ3v) is 5.82. The number of hydrogen-bond acceptors (Lipinski definition) is 5. The lowest BCUT2D eigenvalue weighted by Crippen LogP contribution is -2.43. The van der Waals surface area contributed by atoms with Crippen LogP contribution < -0.4 is 14.8 Å². The van der Waals surface area contributed by atoms with Gasteiger partial charge in [0.2, 0.25) is 0 Å². The molecule has 27 heavy (non-hydrogen) atoms. The van der Waals surface area contributed by atoms with Gasteiger partial charge in [0.15, 0.2) is 11.5 Å². The van der Waals surface area contributed by atoms with E-state index >= 15 is 0 Å². The summed E-state index contributed by atoms with van der Waals surface area (Å²) in [6, 6.07) is 8.34. The molecular formula is C21H28N2O4. The third kappa shape index (κ3) is 4.54. The van der Waals surface area contributed by atoms with Crippen LogP contribution in [0, 0.1) is 11.3 Å². The summed E-state index contributed by atoms with van der Waals surface area (Å²) < 4.78 is 11.7. The number of hydrogen-bond donors (Lipinski definition) is 2. The normalized spacial score (nSPS) is 25.7. The summed E-state index contributed by atoms with van der Waals surface area (Å²) in [6.45, 7) is -0.0785. The molecule has 0 aromatic heterocycles. The molecule has 0 radical (unpaired) electrons. The maximum atomic E-state index is 10.9. The Morgan fingerprint density at radius 3 is 2.74 bits per heavy atom. The van der Waals surface area contributed by atoms with Crippen molar-refractivity contribution in [2.24, 2.45) is 0 Å². The molecule has 2 atom stereocenters. The van der Waals surface area contributed by atoms with Crippen molar-refractivity contribution >= 4 is 5.97 Å². The average Bonchev–Trinajstić information content (AvgIpc) is 3.19. The lowest BCUT2D eigenvalue weighted by molar-refractivity contribution is -0.136. The number of carboxylic acid groups (broad SMARTS) is 1. The Morgan fingerprint density at radius 2 is 2.07 bits per heavy atom. The van der Waals surface area contributed by atoms with Gasteiger partial charge in [0, 0.05) is 6.04 Å². The Kier molecular flexibility index (Phi) is 6.22. The molecule has 1 aromatic carbocycles. The summed E-state index contributed by atoms with van der Waals surface area (Å²) >= 11 is 0. The number of nitrogens with zero attached hydrogens (tertiary/aromatic N) is 1. The Labute approximate surface area is 160 Å². The highest BCUT2D eigenvalue weighted by Crippen LogP contribution is 2.42. The molecule has 3 rings (SSSR count). The molecule has 0 amide bonds. The van der Waals surface area contributed by atoms with Gasteiger partial charge in [-0.05, 0) is 69.1 Å². The number of nitrogens with one attached hydrogen (secondary N) is 1. The molecule has 0 saturated heterocycles. The first-order valence-corrected chi connectivity index (χ1v) is 9.78. The monoisotopic (exact) mass is 372 g/mol. The number of methoxy groups -OCH3 is 1. The van der Waals surface area contributed by atoms with E-state index in [9.17, 15) is 10.1 Å². The highest BCUT2D eigenvalue weighted by molar-refractivity contribution is 5.69. The second kappa shape index (κ2) is 8.62. The van der Waals surface area contributed by atoms with Gasteiger partial charge in [-0.15, -0.1) is 0 Å². The van der Waals surface area contributed by atoms with Crippen LogP contribution in [0.5, 0.6) is 11.5 Å². The van der Waals surface area contributed by atoms with Crippen LogP contribution in [0.25, 0.3) is 0 Å². The van der Waals surface area contributed by atoms with E-state index in [2.05, 4.69) is 11.4 Å². The molecule has 2 unspecified atom stereocenters. The van der Waals surface area contributed by atoms with Crippen LogP contribution in [0.1, 0.15) is 56.9 Å². The summed E-state index contributed by atoms with van der Waals surface area (Å²) in [5.41, 5.74) is 0.301. The quantitative estimate of drug-likeness (QED) is 0.762. The molecule has 0 aliphatic heterocycles. The summed E-state index contributed by atoms with van der Waals surface area (Å²) in [5.74, 6) is 0.520. The van der Waals surface area contributed by atoms with E-state index in [0.717, 1.165) is 37.7 Å². The minimum atomic E-state index is -0.875. The molecule has 146 valence electrons. The maximum absolute atomic E-state index is 10.9. The van der Waals surface area contributed by atoms with Gasteiger partial charge in [-0.3, -0.25) is 4.79 Å². The SMILES string of the molecule is COc1ccc(C2(C#N)CCCC(NCC(=O)O)C2)cc1OC1CCCC1. The lowest BCUT2D eigenvalue weighted by atomic mass is 9.68. The van der Waals surface area contributed by atoms with Gasteiger partial charge in [0.25, 0.3) is 0 Å². The van der Waals surface area contributed by atoms with Crippen molar-refractivity contribution in [3.63, 3.8) is 0 Å². The van der Waals surface area contributed by atoms with E-state index in [0.29, 0.717) is 17.9 Å². The molecule has 0 bridgehead atoms. The molecular weight excluding hydrogens is 344 g/mol. The van der Waals surface area contributed by atoms with Crippen LogP contribution in [0.2, 0.25) is 0 Å². The zero-order chi connectivity index (χ0) is 19.3. The molecule has 2 aliphatic rings. The molecule has 2 fully saturated rings. The number of carbonyl (C=O) groups is 1. The lowest BCUT2D eigenvalue weighted by Gasteiger charge is -2.36. The zero-order valence-corrected chi connectivity index (χ0v) is 15.9. The predicted molar refractivity (Wildman–Crippen MR) is 101 cm³/mol. The van der Waals surface area contributed by atoms with Gasteiger partial charge in [-0.25, -0.2) is 0 Å². The predicted octanol–water partition coefficient (Wildman–Crippen LogP) is 3.39. The minimum absolute atomic E-state index is 0.0239. The fourth-order valence-corrected chi connectivity index (χ4v) is 4.36. The smallest absolute Gasteiger partial charge is 0.317 e. The molecule has 1 aromatic rings. The Hall–Kier alpha value is -2.26. The van der Waals surface area contributed by atoms with Crippen molar-refractivity contribution in [1.29, 1.82) is 5.26 Å². The van der Waals surface area contributed by atoms with E-state index in [-0.39, 0.29) is 18.7 Å². The van der Waals surface area contributed by atoms with E-state index < -0.39 is 11.4 Å². The number of benzene rings is 1. The van der Waals surface area contributed by atoms with E-state index in [4.69, 9.17) is 14.6 Å². The Balaban J connectivity index is 1.83. The summed E-state index contributed by atoms with van der Waals surface area (Å²) in [6.07, 6.45) is 7.83. The van der Waals surface area contributed by atoms with Crippen molar-refractivity contribution < 1.29 is 19.4 Å². The van der Waals surface area contributed by atoms with Gasteiger partial charge in [0.1, 0.15) is 0 Å². The van der Waals surface area contributed by atoms with Crippen LogP contribution in [0.15, 0.2) is 18.2 Å². The van der Waals surface area contributed by atoms with Gasteiger partial charge in [-0.2, -0.15) is 5.26 Å². The van der Waals surface area contributed by atoms with E-state index in [1.807, 2.05) is 18.2 Å². The first kappa shape index (κ1) is 19.5. The number of ether oxygens (including phenoxy) is 2. The first-order chi connectivity index (χ1) is 13.1. The van der Waals surface area contributed by atoms with E-state index in [1.165, 1.54) is 12.8 Å². The fraction of sp³-hybridized carbons (Fsp3) is 0.619. The van der Waals surface area contributed by atoms with Crippen molar-refractivity contribution in [2.75, 3.05) is 13.7 Å². The highest BCUT2D eigenvalue weighted by Gasteiger charge is 2.39. The van der Waals surface area contributed by atoms with Crippen molar-refractivity contribution in [3.8, 4) is 17.6 Å². The maximum Gasteiger partial charge on any atom is 0.317 e. The van der Waals surface area contributed by atoms with Gasteiger partial charge < -0.3 is 19.9 Å². The molecule has 2 N–H and O–H groups in total. The van der Waals surface area contributed by atoms with Crippen LogP contribution >= 0.6 is 0 Å². The van der Waals surface area contributed by atoms with Crippen LogP contribution in [0.3, 0.4) is 0 Å². The second-order valence-electron chi connectivity index (χ2n) is 7.65. The molecule has 0 spiro atoms.